The van der Waals surface area contributed by atoms with Crippen LogP contribution in [0.25, 0.3) is 0 Å². The van der Waals surface area contributed by atoms with Crippen molar-refractivity contribution in [1.82, 2.24) is 14.9 Å². The van der Waals surface area contributed by atoms with Gasteiger partial charge >= 0.3 is 6.18 Å². The summed E-state index contributed by atoms with van der Waals surface area (Å²) in [6, 6.07) is 5.13. The van der Waals surface area contributed by atoms with E-state index in [0.29, 0.717) is 13.1 Å². The molecule has 1 amide bonds. The number of halogens is 3. The summed E-state index contributed by atoms with van der Waals surface area (Å²) in [4.78, 5) is 21.3. The fourth-order valence-corrected chi connectivity index (χ4v) is 2.67. The van der Waals surface area contributed by atoms with Gasteiger partial charge < -0.3 is 5.73 Å². The molecule has 24 heavy (non-hydrogen) atoms. The van der Waals surface area contributed by atoms with E-state index >= 15 is 0 Å². The van der Waals surface area contributed by atoms with Gasteiger partial charge in [-0.15, -0.1) is 0 Å². The van der Waals surface area contributed by atoms with Crippen LogP contribution >= 0.6 is 0 Å². The van der Waals surface area contributed by atoms with Crippen LogP contribution in [0.3, 0.4) is 0 Å². The molecule has 1 aliphatic heterocycles. The first-order chi connectivity index (χ1) is 11.3. The number of hydrogen-bond donors (Lipinski definition) is 1. The minimum absolute atomic E-state index is 0.0230. The molecule has 0 bridgehead atoms. The van der Waals surface area contributed by atoms with Crippen molar-refractivity contribution in [2.24, 2.45) is 5.73 Å². The van der Waals surface area contributed by atoms with Crippen LogP contribution in [0.2, 0.25) is 0 Å². The molecule has 2 N–H and O–H groups in total. The molecule has 0 fully saturated rings. The monoisotopic (exact) mass is 336 g/mol. The van der Waals surface area contributed by atoms with Crippen molar-refractivity contribution in [2.75, 3.05) is 6.54 Å². The highest BCUT2D eigenvalue weighted by Crippen LogP contribution is 2.29. The summed E-state index contributed by atoms with van der Waals surface area (Å²) in [5.74, 6) is -0.706. The summed E-state index contributed by atoms with van der Waals surface area (Å²) in [5, 5.41) is 0. The van der Waals surface area contributed by atoms with Crippen molar-refractivity contribution in [3.05, 3.63) is 58.7 Å². The molecule has 2 heterocycles. The van der Waals surface area contributed by atoms with E-state index in [1.807, 2.05) is 0 Å². The molecule has 0 atom stereocenters. The molecule has 1 aromatic carbocycles. The normalized spacial score (nSPS) is 15.1. The van der Waals surface area contributed by atoms with Crippen LogP contribution in [0.1, 0.15) is 33.0 Å². The molecule has 0 saturated carbocycles. The predicted octanol–water partition coefficient (Wildman–Crippen LogP) is 2.15. The SMILES string of the molecule is NC(=O)c1ncc2c(n1)CN(Cc1ccc(C(F)(F)F)cc1)CC2. The van der Waals surface area contributed by atoms with E-state index in [0.717, 1.165) is 41.9 Å². The number of hydrogen-bond acceptors (Lipinski definition) is 4. The van der Waals surface area contributed by atoms with Gasteiger partial charge in [0, 0.05) is 25.8 Å². The van der Waals surface area contributed by atoms with Gasteiger partial charge in [0.25, 0.3) is 5.91 Å². The van der Waals surface area contributed by atoms with E-state index < -0.39 is 17.6 Å². The first kappa shape index (κ1) is 16.4. The number of benzene rings is 1. The molecule has 0 unspecified atom stereocenters. The molecule has 1 aliphatic rings. The van der Waals surface area contributed by atoms with Gasteiger partial charge in [0.2, 0.25) is 5.82 Å². The second-order valence-corrected chi connectivity index (χ2v) is 5.69. The maximum atomic E-state index is 12.6. The molecule has 126 valence electrons. The summed E-state index contributed by atoms with van der Waals surface area (Å²) < 4.78 is 37.8. The zero-order chi connectivity index (χ0) is 17.3. The quantitative estimate of drug-likeness (QED) is 0.932. The summed E-state index contributed by atoms with van der Waals surface area (Å²) in [6.45, 7) is 1.75. The zero-order valence-corrected chi connectivity index (χ0v) is 12.7. The van der Waals surface area contributed by atoms with Crippen molar-refractivity contribution < 1.29 is 18.0 Å². The lowest BCUT2D eigenvalue weighted by molar-refractivity contribution is -0.137. The summed E-state index contributed by atoms with van der Waals surface area (Å²) >= 11 is 0. The van der Waals surface area contributed by atoms with Crippen LogP contribution < -0.4 is 5.73 Å². The van der Waals surface area contributed by atoms with Crippen molar-refractivity contribution >= 4 is 5.91 Å². The Morgan fingerprint density at radius 3 is 2.58 bits per heavy atom. The third-order valence-corrected chi connectivity index (χ3v) is 3.93. The predicted molar refractivity (Wildman–Crippen MR) is 79.8 cm³/mol. The Morgan fingerprint density at radius 1 is 1.25 bits per heavy atom. The second kappa shape index (κ2) is 6.20. The minimum Gasteiger partial charge on any atom is -0.363 e. The summed E-state index contributed by atoms with van der Waals surface area (Å²) in [5.41, 5.74) is 7.01. The fourth-order valence-electron chi connectivity index (χ4n) is 2.67. The second-order valence-electron chi connectivity index (χ2n) is 5.69. The number of nitrogens with zero attached hydrogens (tertiary/aromatic N) is 3. The van der Waals surface area contributed by atoms with E-state index in [4.69, 9.17) is 5.73 Å². The van der Waals surface area contributed by atoms with Crippen LogP contribution in [-0.4, -0.2) is 27.3 Å². The van der Waals surface area contributed by atoms with Gasteiger partial charge in [-0.3, -0.25) is 9.69 Å². The van der Waals surface area contributed by atoms with Crippen molar-refractivity contribution in [3.8, 4) is 0 Å². The maximum Gasteiger partial charge on any atom is 0.416 e. The van der Waals surface area contributed by atoms with Crippen LogP contribution in [0, 0.1) is 0 Å². The maximum absolute atomic E-state index is 12.6. The molecule has 0 aliphatic carbocycles. The fraction of sp³-hybridized carbons (Fsp3) is 0.312. The molecule has 2 aromatic rings. The van der Waals surface area contributed by atoms with Crippen LogP contribution in [0.4, 0.5) is 13.2 Å². The average Bonchev–Trinajstić information content (AvgIpc) is 2.54. The molecule has 5 nitrogen and oxygen atoms in total. The zero-order valence-electron chi connectivity index (χ0n) is 12.7. The average molecular weight is 336 g/mol. The topological polar surface area (TPSA) is 72.1 Å². The van der Waals surface area contributed by atoms with Gasteiger partial charge in [-0.1, -0.05) is 12.1 Å². The number of carbonyl (C=O) groups excluding carboxylic acids is 1. The Kier molecular flexibility index (Phi) is 4.23. The Bertz CT molecular complexity index is 759. The number of fused-ring (bicyclic) bond motifs is 1. The van der Waals surface area contributed by atoms with Gasteiger partial charge in [0.15, 0.2) is 0 Å². The van der Waals surface area contributed by atoms with E-state index in [2.05, 4.69) is 14.9 Å². The highest BCUT2D eigenvalue weighted by molar-refractivity contribution is 5.88. The Morgan fingerprint density at radius 2 is 1.96 bits per heavy atom. The molecule has 0 radical (unpaired) electrons. The molecular weight excluding hydrogens is 321 g/mol. The van der Waals surface area contributed by atoms with Crippen molar-refractivity contribution in [1.29, 1.82) is 0 Å². The first-order valence-electron chi connectivity index (χ1n) is 7.36. The number of rotatable bonds is 3. The van der Waals surface area contributed by atoms with Crippen LogP contribution in [-0.2, 0) is 25.7 Å². The Labute approximate surface area is 136 Å². The highest BCUT2D eigenvalue weighted by atomic mass is 19.4. The number of carbonyl (C=O) groups is 1. The van der Waals surface area contributed by atoms with E-state index in [-0.39, 0.29) is 5.82 Å². The summed E-state index contributed by atoms with van der Waals surface area (Å²) in [7, 11) is 0. The third kappa shape index (κ3) is 3.53. The number of alkyl halides is 3. The smallest absolute Gasteiger partial charge is 0.363 e. The number of nitrogens with two attached hydrogens (primary N) is 1. The van der Waals surface area contributed by atoms with Gasteiger partial charge in [-0.05, 0) is 29.7 Å². The molecule has 8 heteroatoms. The van der Waals surface area contributed by atoms with E-state index in [1.54, 1.807) is 6.20 Å². The Balaban J connectivity index is 1.71. The van der Waals surface area contributed by atoms with Gasteiger partial charge in [-0.25, -0.2) is 9.97 Å². The number of primary amides is 1. The minimum atomic E-state index is -4.33. The highest BCUT2D eigenvalue weighted by Gasteiger charge is 2.30. The van der Waals surface area contributed by atoms with Gasteiger partial charge in [-0.2, -0.15) is 13.2 Å². The third-order valence-electron chi connectivity index (χ3n) is 3.93. The lowest BCUT2D eigenvalue weighted by Gasteiger charge is -2.27. The largest absolute Gasteiger partial charge is 0.416 e. The lowest BCUT2D eigenvalue weighted by Crippen LogP contribution is -2.32. The molecular formula is C16H15F3N4O. The molecule has 0 spiro atoms. The van der Waals surface area contributed by atoms with E-state index in [1.165, 1.54) is 12.1 Å². The summed E-state index contributed by atoms with van der Waals surface area (Å²) in [6.07, 6.45) is -2.00. The van der Waals surface area contributed by atoms with E-state index in [9.17, 15) is 18.0 Å². The molecule has 1 aromatic heterocycles. The Hall–Kier alpha value is -2.48. The first-order valence-corrected chi connectivity index (χ1v) is 7.36. The van der Waals surface area contributed by atoms with Crippen molar-refractivity contribution in [2.45, 2.75) is 25.7 Å². The van der Waals surface area contributed by atoms with Gasteiger partial charge in [0.05, 0.1) is 11.3 Å². The van der Waals surface area contributed by atoms with Crippen LogP contribution in [0.15, 0.2) is 30.5 Å². The molecule has 0 saturated heterocycles. The van der Waals surface area contributed by atoms with Gasteiger partial charge in [0.1, 0.15) is 0 Å². The van der Waals surface area contributed by atoms with Crippen molar-refractivity contribution in [3.63, 3.8) is 0 Å². The number of amides is 1. The number of aromatic nitrogens is 2. The standard InChI is InChI=1S/C16H15F3N4O/c17-16(18,19)12-3-1-10(2-4-12)8-23-6-5-11-7-21-15(14(20)24)22-13(11)9-23/h1-4,7H,5-6,8-9H2,(H2,20,24). The molecule has 3 rings (SSSR count). The lowest BCUT2D eigenvalue weighted by atomic mass is 10.1. The van der Waals surface area contributed by atoms with Crippen LogP contribution in [0.5, 0.6) is 0 Å².